The van der Waals surface area contributed by atoms with Gasteiger partial charge in [0.1, 0.15) is 0 Å². The number of hydrogen-bond donors (Lipinski definition) is 0. The van der Waals surface area contributed by atoms with Crippen molar-refractivity contribution in [3.05, 3.63) is 31.7 Å². The number of alkyl halides is 1. The zero-order valence-corrected chi connectivity index (χ0v) is 11.8. The predicted octanol–water partition coefficient (Wildman–Crippen LogP) is 5.05. The van der Waals surface area contributed by atoms with E-state index < -0.39 is 0 Å². The van der Waals surface area contributed by atoms with E-state index in [0.29, 0.717) is 0 Å². The van der Waals surface area contributed by atoms with E-state index in [9.17, 15) is 0 Å². The fourth-order valence-electron chi connectivity index (χ4n) is 1.23. The SMILES string of the molecule is Clc1csc2c(CBr)c(I)ccc12. The van der Waals surface area contributed by atoms with Crippen LogP contribution in [0, 0.1) is 3.57 Å². The van der Waals surface area contributed by atoms with Crippen LogP contribution in [0.4, 0.5) is 0 Å². The lowest BCUT2D eigenvalue weighted by Gasteiger charge is -2.01. The van der Waals surface area contributed by atoms with Gasteiger partial charge in [-0.2, -0.15) is 0 Å². The van der Waals surface area contributed by atoms with Gasteiger partial charge >= 0.3 is 0 Å². The highest BCUT2D eigenvalue weighted by Crippen LogP contribution is 2.35. The van der Waals surface area contributed by atoms with Crippen LogP contribution < -0.4 is 0 Å². The van der Waals surface area contributed by atoms with E-state index in [-0.39, 0.29) is 0 Å². The fourth-order valence-corrected chi connectivity index (χ4v) is 4.67. The van der Waals surface area contributed by atoms with Crippen LogP contribution in [0.3, 0.4) is 0 Å². The van der Waals surface area contributed by atoms with E-state index in [1.165, 1.54) is 19.2 Å². The second-order valence-corrected chi connectivity index (χ2v) is 5.63. The van der Waals surface area contributed by atoms with Gasteiger partial charge in [-0.15, -0.1) is 11.3 Å². The van der Waals surface area contributed by atoms with Gasteiger partial charge in [-0.1, -0.05) is 33.6 Å². The number of hydrogen-bond acceptors (Lipinski definition) is 1. The van der Waals surface area contributed by atoms with Crippen LogP contribution in [0.1, 0.15) is 5.56 Å². The second-order valence-electron chi connectivity index (χ2n) is 2.62. The van der Waals surface area contributed by atoms with Gasteiger partial charge in [0.25, 0.3) is 0 Å². The monoisotopic (exact) mass is 386 g/mol. The van der Waals surface area contributed by atoms with E-state index in [4.69, 9.17) is 11.6 Å². The van der Waals surface area contributed by atoms with Crippen LogP contribution in [-0.4, -0.2) is 0 Å². The van der Waals surface area contributed by atoms with Crippen molar-refractivity contribution in [3.63, 3.8) is 0 Å². The summed E-state index contributed by atoms with van der Waals surface area (Å²) in [6.07, 6.45) is 0. The number of thiophene rings is 1. The molecule has 1 aromatic carbocycles. The Labute approximate surface area is 108 Å². The molecule has 0 spiro atoms. The van der Waals surface area contributed by atoms with Gasteiger partial charge in [0.2, 0.25) is 0 Å². The van der Waals surface area contributed by atoms with Crippen LogP contribution in [0.5, 0.6) is 0 Å². The van der Waals surface area contributed by atoms with Crippen molar-refractivity contribution in [2.75, 3.05) is 0 Å². The van der Waals surface area contributed by atoms with Crippen molar-refractivity contribution in [1.82, 2.24) is 0 Å². The Morgan fingerprint density at radius 1 is 1.46 bits per heavy atom. The lowest BCUT2D eigenvalue weighted by atomic mass is 10.2. The van der Waals surface area contributed by atoms with Gasteiger partial charge in [0, 0.05) is 24.4 Å². The van der Waals surface area contributed by atoms with Gasteiger partial charge in [0.05, 0.1) is 5.02 Å². The summed E-state index contributed by atoms with van der Waals surface area (Å²) in [5.41, 5.74) is 1.34. The average molecular weight is 387 g/mol. The first-order chi connectivity index (χ1) is 6.24. The Kier molecular flexibility index (Phi) is 3.18. The third-order valence-electron chi connectivity index (χ3n) is 1.87. The van der Waals surface area contributed by atoms with Crippen LogP contribution in [0.2, 0.25) is 5.02 Å². The number of rotatable bonds is 1. The molecule has 0 bridgehead atoms. The van der Waals surface area contributed by atoms with E-state index in [1.54, 1.807) is 11.3 Å². The quantitative estimate of drug-likeness (QED) is 0.474. The molecule has 1 heterocycles. The highest BCUT2D eigenvalue weighted by atomic mass is 127. The molecule has 1 aromatic heterocycles. The van der Waals surface area contributed by atoms with Crippen molar-refractivity contribution >= 4 is 71.5 Å². The molecule has 0 aliphatic carbocycles. The van der Waals surface area contributed by atoms with E-state index in [2.05, 4.69) is 50.7 Å². The van der Waals surface area contributed by atoms with Crippen molar-refractivity contribution < 1.29 is 0 Å². The summed E-state index contributed by atoms with van der Waals surface area (Å²) in [5, 5.41) is 4.91. The lowest BCUT2D eigenvalue weighted by molar-refractivity contribution is 1.47. The highest BCUT2D eigenvalue weighted by Gasteiger charge is 2.08. The summed E-state index contributed by atoms with van der Waals surface area (Å²) in [6, 6.07) is 4.19. The van der Waals surface area contributed by atoms with Crippen molar-refractivity contribution in [2.45, 2.75) is 5.33 Å². The minimum absolute atomic E-state index is 0.860. The number of halogens is 3. The Hall–Kier alpha value is 0.680. The highest BCUT2D eigenvalue weighted by molar-refractivity contribution is 14.1. The molecular weight excluding hydrogens is 382 g/mol. The van der Waals surface area contributed by atoms with Gasteiger partial charge in [-0.3, -0.25) is 0 Å². The summed E-state index contributed by atoms with van der Waals surface area (Å²) < 4.78 is 2.59. The minimum Gasteiger partial charge on any atom is -0.142 e. The molecular formula is C9H5BrClIS. The summed E-state index contributed by atoms with van der Waals surface area (Å²) in [5.74, 6) is 0. The summed E-state index contributed by atoms with van der Waals surface area (Å²) in [7, 11) is 0. The van der Waals surface area contributed by atoms with Crippen molar-refractivity contribution in [3.8, 4) is 0 Å². The first-order valence-corrected chi connectivity index (χ1v) is 7.10. The van der Waals surface area contributed by atoms with Crippen molar-refractivity contribution in [2.24, 2.45) is 0 Å². The molecule has 0 nitrogen and oxygen atoms in total. The molecule has 4 heteroatoms. The molecule has 68 valence electrons. The predicted molar refractivity (Wildman–Crippen MR) is 72.2 cm³/mol. The molecule has 0 N–H and O–H groups in total. The Morgan fingerprint density at radius 3 is 2.92 bits per heavy atom. The molecule has 13 heavy (non-hydrogen) atoms. The molecule has 0 saturated carbocycles. The summed E-state index contributed by atoms with van der Waals surface area (Å²) in [6.45, 7) is 0. The maximum atomic E-state index is 6.05. The van der Waals surface area contributed by atoms with Crippen LogP contribution >= 0.6 is 61.5 Å². The third-order valence-corrected chi connectivity index (χ3v) is 4.94. The van der Waals surface area contributed by atoms with E-state index >= 15 is 0 Å². The number of fused-ring (bicyclic) bond motifs is 1. The molecule has 0 radical (unpaired) electrons. The van der Waals surface area contributed by atoms with Gasteiger partial charge in [0.15, 0.2) is 0 Å². The van der Waals surface area contributed by atoms with Crippen LogP contribution in [0.25, 0.3) is 10.1 Å². The van der Waals surface area contributed by atoms with Crippen LogP contribution in [-0.2, 0) is 5.33 Å². The maximum Gasteiger partial charge on any atom is 0.0591 e. The molecule has 0 aliphatic heterocycles. The Balaban J connectivity index is 2.85. The second kappa shape index (κ2) is 4.04. The first-order valence-electron chi connectivity index (χ1n) is 3.64. The topological polar surface area (TPSA) is 0 Å². The molecule has 0 fully saturated rings. The zero-order valence-electron chi connectivity index (χ0n) is 6.48. The molecule has 0 unspecified atom stereocenters. The summed E-state index contributed by atoms with van der Waals surface area (Å²) in [4.78, 5) is 0. The molecule has 0 aliphatic rings. The van der Waals surface area contributed by atoms with Gasteiger partial charge in [-0.05, 0) is 34.2 Å². The fraction of sp³-hybridized carbons (Fsp3) is 0.111. The Morgan fingerprint density at radius 2 is 2.23 bits per heavy atom. The average Bonchev–Trinajstić information content (AvgIpc) is 2.48. The minimum atomic E-state index is 0.860. The molecule has 0 saturated heterocycles. The van der Waals surface area contributed by atoms with Crippen molar-refractivity contribution in [1.29, 1.82) is 0 Å². The largest absolute Gasteiger partial charge is 0.142 e. The number of benzene rings is 1. The van der Waals surface area contributed by atoms with E-state index in [0.717, 1.165) is 10.4 Å². The lowest BCUT2D eigenvalue weighted by Crippen LogP contribution is -1.83. The third kappa shape index (κ3) is 1.76. The standard InChI is InChI=1S/C9H5BrClIS/c10-3-6-8(12)2-1-5-7(11)4-13-9(5)6/h1-2,4H,3H2. The molecule has 2 aromatic rings. The zero-order chi connectivity index (χ0) is 9.42. The first kappa shape index (κ1) is 10.2. The smallest absolute Gasteiger partial charge is 0.0591 e. The Bertz CT molecular complexity index is 452. The molecule has 0 atom stereocenters. The molecule has 2 rings (SSSR count). The molecule has 0 amide bonds. The normalized spacial score (nSPS) is 11.0. The van der Waals surface area contributed by atoms with Gasteiger partial charge < -0.3 is 0 Å². The van der Waals surface area contributed by atoms with Crippen LogP contribution in [0.15, 0.2) is 17.5 Å². The summed E-state index contributed by atoms with van der Waals surface area (Å²) >= 11 is 13.6. The van der Waals surface area contributed by atoms with Gasteiger partial charge in [-0.25, -0.2) is 0 Å². The maximum absolute atomic E-state index is 6.05. The van der Waals surface area contributed by atoms with E-state index in [1.807, 2.05) is 5.38 Å².